The molecule has 164 valence electrons. The van der Waals surface area contributed by atoms with Gasteiger partial charge in [0.25, 0.3) is 5.91 Å². The molecule has 8 nitrogen and oxygen atoms in total. The van der Waals surface area contributed by atoms with Crippen molar-refractivity contribution in [2.24, 2.45) is 0 Å². The number of allylic oxidation sites excluding steroid dienone is 2. The number of thioether (sulfide) groups is 2. The van der Waals surface area contributed by atoms with Gasteiger partial charge in [0.15, 0.2) is 4.32 Å². The number of amides is 1. The van der Waals surface area contributed by atoms with Crippen molar-refractivity contribution in [2.75, 3.05) is 16.8 Å². The smallest absolute Gasteiger partial charge is 0.356 e. The van der Waals surface area contributed by atoms with Gasteiger partial charge < -0.3 is 19.8 Å². The van der Waals surface area contributed by atoms with Crippen LogP contribution in [0.25, 0.3) is 0 Å². The topological polar surface area (TPSA) is 118 Å². The standard InChI is InChI=1S/C20H15N2O6PS3/c1-21-14-7-2-11(19(24)25)10-16(14)31-17(21)9-8-15-18(23)22(20(30)32-15)12-3-5-13(6-4-12)29(26,27)28/h2-10H,1H3,(H,24,25)(H2,26,27,28). The van der Waals surface area contributed by atoms with Gasteiger partial charge in [-0.05, 0) is 54.6 Å². The largest absolute Gasteiger partial charge is 0.478 e. The summed E-state index contributed by atoms with van der Waals surface area (Å²) in [4.78, 5) is 47.0. The molecule has 0 saturated carbocycles. The summed E-state index contributed by atoms with van der Waals surface area (Å²) in [6.45, 7) is 0. The predicted molar refractivity (Wildman–Crippen MR) is 130 cm³/mol. The normalized spacial score (nSPS) is 18.7. The Balaban J connectivity index is 1.56. The highest BCUT2D eigenvalue weighted by atomic mass is 32.2. The van der Waals surface area contributed by atoms with Crippen LogP contribution in [0.15, 0.2) is 69.4 Å². The Kier molecular flexibility index (Phi) is 6.06. The maximum atomic E-state index is 12.9. The van der Waals surface area contributed by atoms with E-state index in [0.29, 0.717) is 14.9 Å². The lowest BCUT2D eigenvalue weighted by Crippen LogP contribution is -2.27. The number of thiocarbonyl (C=S) groups is 1. The zero-order chi connectivity index (χ0) is 23.2. The summed E-state index contributed by atoms with van der Waals surface area (Å²) in [5, 5.41) is 9.86. The Bertz CT molecular complexity index is 1270. The van der Waals surface area contributed by atoms with Crippen LogP contribution in [0.4, 0.5) is 11.4 Å². The summed E-state index contributed by atoms with van der Waals surface area (Å²) in [6.07, 6.45) is 3.43. The van der Waals surface area contributed by atoms with E-state index < -0.39 is 13.6 Å². The number of carbonyl (C=O) groups excluding carboxylic acids is 1. The molecule has 1 amide bonds. The molecule has 0 atom stereocenters. The first kappa shape index (κ1) is 22.8. The molecule has 2 heterocycles. The van der Waals surface area contributed by atoms with Gasteiger partial charge >= 0.3 is 13.6 Å². The third-order valence-corrected chi connectivity index (χ3v) is 8.19. The fraction of sp³-hybridized carbons (Fsp3) is 0.0500. The molecule has 12 heteroatoms. The molecule has 0 aromatic heterocycles. The second kappa shape index (κ2) is 8.51. The fourth-order valence-electron chi connectivity index (χ4n) is 3.10. The van der Waals surface area contributed by atoms with Crippen LogP contribution in [-0.2, 0) is 9.36 Å². The lowest BCUT2D eigenvalue weighted by Gasteiger charge is -2.15. The van der Waals surface area contributed by atoms with Gasteiger partial charge in [-0.15, -0.1) is 0 Å². The minimum absolute atomic E-state index is 0.140. The van der Waals surface area contributed by atoms with Crippen LogP contribution < -0.4 is 15.1 Å². The molecule has 1 saturated heterocycles. The molecule has 2 aromatic rings. The van der Waals surface area contributed by atoms with E-state index in [9.17, 15) is 29.0 Å². The zero-order valence-corrected chi connectivity index (χ0v) is 19.7. The maximum Gasteiger partial charge on any atom is 0.356 e. The number of hydrogen-bond donors (Lipinski definition) is 3. The van der Waals surface area contributed by atoms with Gasteiger partial charge in [0.05, 0.1) is 32.2 Å². The molecule has 4 rings (SSSR count). The fourth-order valence-corrected chi connectivity index (χ4v) is 5.97. The Labute approximate surface area is 196 Å². The Morgan fingerprint density at radius 3 is 2.41 bits per heavy atom. The van der Waals surface area contributed by atoms with Crippen molar-refractivity contribution in [3.8, 4) is 0 Å². The lowest BCUT2D eigenvalue weighted by atomic mass is 10.2. The van der Waals surface area contributed by atoms with Crippen molar-refractivity contribution in [2.45, 2.75) is 4.90 Å². The minimum Gasteiger partial charge on any atom is -0.478 e. The van der Waals surface area contributed by atoms with E-state index in [4.69, 9.17) is 12.2 Å². The Morgan fingerprint density at radius 2 is 1.78 bits per heavy atom. The highest BCUT2D eigenvalue weighted by Crippen LogP contribution is 2.46. The molecule has 2 aromatic carbocycles. The summed E-state index contributed by atoms with van der Waals surface area (Å²) in [6, 6.07) is 10.3. The number of hydrogen-bond acceptors (Lipinski definition) is 7. The second-order valence-electron chi connectivity index (χ2n) is 6.75. The number of carboxylic acid groups (broad SMARTS) is 1. The number of anilines is 2. The molecule has 0 aliphatic carbocycles. The van der Waals surface area contributed by atoms with Crippen molar-refractivity contribution in [1.82, 2.24) is 0 Å². The van der Waals surface area contributed by atoms with E-state index in [1.807, 2.05) is 11.9 Å². The summed E-state index contributed by atoms with van der Waals surface area (Å²) >= 11 is 7.86. The summed E-state index contributed by atoms with van der Waals surface area (Å²) in [5.74, 6) is -1.33. The number of fused-ring (bicyclic) bond motifs is 1. The maximum absolute atomic E-state index is 12.9. The molecular formula is C20H15N2O6PS3. The average Bonchev–Trinajstić information content (AvgIpc) is 3.20. The van der Waals surface area contributed by atoms with E-state index in [1.165, 1.54) is 40.9 Å². The van der Waals surface area contributed by atoms with Crippen molar-refractivity contribution in [1.29, 1.82) is 0 Å². The zero-order valence-electron chi connectivity index (χ0n) is 16.3. The molecule has 3 N–H and O–H groups in total. The molecule has 1 fully saturated rings. The number of carbonyl (C=O) groups is 2. The monoisotopic (exact) mass is 506 g/mol. The average molecular weight is 507 g/mol. The lowest BCUT2D eigenvalue weighted by molar-refractivity contribution is -0.113. The molecule has 0 spiro atoms. The van der Waals surface area contributed by atoms with Crippen molar-refractivity contribution in [3.05, 3.63) is 70.1 Å². The van der Waals surface area contributed by atoms with E-state index in [2.05, 4.69) is 0 Å². The van der Waals surface area contributed by atoms with Gasteiger partial charge in [-0.25, -0.2) is 4.79 Å². The van der Waals surface area contributed by atoms with Crippen LogP contribution in [0.1, 0.15) is 10.4 Å². The molecule has 32 heavy (non-hydrogen) atoms. The van der Waals surface area contributed by atoms with Crippen LogP contribution in [0.2, 0.25) is 0 Å². The first-order valence-electron chi connectivity index (χ1n) is 8.99. The third-order valence-electron chi connectivity index (χ3n) is 4.73. The van der Waals surface area contributed by atoms with Gasteiger partial charge in [0.1, 0.15) is 0 Å². The summed E-state index contributed by atoms with van der Waals surface area (Å²) in [5.41, 5.74) is 1.50. The van der Waals surface area contributed by atoms with Gasteiger partial charge in [-0.2, -0.15) is 0 Å². The number of aromatic carboxylic acids is 1. The SMILES string of the molecule is CN1C(=CC=C2SC(=S)N(c3ccc(P(=O)(O)O)cc3)C2=O)Sc2cc(C(=O)O)ccc21. The van der Waals surface area contributed by atoms with Crippen LogP contribution in [0.5, 0.6) is 0 Å². The summed E-state index contributed by atoms with van der Waals surface area (Å²) < 4.78 is 11.7. The molecule has 2 aliphatic rings. The molecule has 0 bridgehead atoms. The van der Waals surface area contributed by atoms with Crippen molar-refractivity contribution < 1.29 is 29.0 Å². The van der Waals surface area contributed by atoms with E-state index >= 15 is 0 Å². The predicted octanol–water partition coefficient (Wildman–Crippen LogP) is 3.52. The van der Waals surface area contributed by atoms with Gasteiger partial charge in [0, 0.05) is 11.9 Å². The van der Waals surface area contributed by atoms with Gasteiger partial charge in [-0.3, -0.25) is 14.3 Å². The number of benzene rings is 2. The van der Waals surface area contributed by atoms with Gasteiger partial charge in [-0.1, -0.05) is 35.7 Å². The highest BCUT2D eigenvalue weighted by Gasteiger charge is 2.33. The van der Waals surface area contributed by atoms with Crippen molar-refractivity contribution >= 4 is 76.2 Å². The van der Waals surface area contributed by atoms with Gasteiger partial charge in [0.2, 0.25) is 0 Å². The Morgan fingerprint density at radius 1 is 1.09 bits per heavy atom. The summed E-state index contributed by atoms with van der Waals surface area (Å²) in [7, 11) is -2.52. The second-order valence-corrected chi connectivity index (χ2v) is 11.1. The van der Waals surface area contributed by atoms with Crippen LogP contribution in [0, 0.1) is 0 Å². The van der Waals surface area contributed by atoms with E-state index in [0.717, 1.165) is 27.4 Å². The third kappa shape index (κ3) is 4.27. The van der Waals surface area contributed by atoms with Crippen molar-refractivity contribution in [3.63, 3.8) is 0 Å². The quantitative estimate of drug-likeness (QED) is 0.323. The molecule has 0 unspecified atom stereocenters. The minimum atomic E-state index is -4.37. The molecule has 0 radical (unpaired) electrons. The van der Waals surface area contributed by atoms with E-state index in [-0.39, 0.29) is 16.8 Å². The molecular weight excluding hydrogens is 491 g/mol. The van der Waals surface area contributed by atoms with E-state index in [1.54, 1.807) is 30.4 Å². The number of carboxylic acids is 1. The van der Waals surface area contributed by atoms with Crippen LogP contribution in [0.3, 0.4) is 0 Å². The first-order chi connectivity index (χ1) is 15.1. The molecule has 2 aliphatic heterocycles. The van der Waals surface area contributed by atoms with Crippen LogP contribution in [-0.4, -0.2) is 38.1 Å². The highest BCUT2D eigenvalue weighted by molar-refractivity contribution is 8.27. The Hall–Kier alpha value is -2.40. The van der Waals surface area contributed by atoms with Crippen LogP contribution >= 0.6 is 43.3 Å². The first-order valence-corrected chi connectivity index (χ1v) is 12.6. The number of rotatable bonds is 4. The number of nitrogens with zero attached hydrogens (tertiary/aromatic N) is 2.